The minimum absolute atomic E-state index is 0.170. The molecule has 1 unspecified atom stereocenters. The molecular weight excluding hydrogens is 256 g/mol. The molecule has 2 aromatic rings. The van der Waals surface area contributed by atoms with Crippen molar-refractivity contribution < 1.29 is 14.4 Å². The van der Waals surface area contributed by atoms with E-state index in [1.54, 1.807) is 6.07 Å². The number of rotatable bonds is 7. The molecule has 0 fully saturated rings. The lowest BCUT2D eigenvalue weighted by molar-refractivity contribution is 0.0858. The van der Waals surface area contributed by atoms with E-state index in [1.807, 2.05) is 44.2 Å². The highest BCUT2D eigenvalue weighted by molar-refractivity contribution is 5.58. The first kappa shape index (κ1) is 14.6. The van der Waals surface area contributed by atoms with Gasteiger partial charge in [0, 0.05) is 18.2 Å². The Morgan fingerprint density at radius 1 is 1.30 bits per heavy atom. The van der Waals surface area contributed by atoms with Crippen molar-refractivity contribution in [3.05, 3.63) is 36.4 Å². The normalized spacial score (nSPS) is 12.6. The third-order valence-electron chi connectivity index (χ3n) is 2.74. The number of nitrogens with zero attached hydrogens (tertiary/aromatic N) is 1. The molecule has 1 aromatic carbocycles. The molecule has 0 aliphatic rings. The number of nitrogens with one attached hydrogen (secondary N) is 1. The lowest BCUT2D eigenvalue weighted by Gasteiger charge is -2.13. The summed E-state index contributed by atoms with van der Waals surface area (Å²) in [7, 11) is 0. The van der Waals surface area contributed by atoms with E-state index in [0.717, 1.165) is 11.3 Å². The van der Waals surface area contributed by atoms with E-state index in [0.29, 0.717) is 18.5 Å². The molecule has 0 spiro atoms. The number of benzene rings is 1. The van der Waals surface area contributed by atoms with Crippen LogP contribution in [-0.2, 0) is 0 Å². The highest BCUT2D eigenvalue weighted by Gasteiger charge is 2.10. The van der Waals surface area contributed by atoms with Crippen LogP contribution in [0.3, 0.4) is 0 Å². The number of aromatic nitrogens is 1. The van der Waals surface area contributed by atoms with Crippen molar-refractivity contribution in [2.75, 3.05) is 13.2 Å². The predicted molar refractivity (Wildman–Crippen MR) is 76.6 cm³/mol. The van der Waals surface area contributed by atoms with Gasteiger partial charge < -0.3 is 19.7 Å². The number of aliphatic hydroxyl groups excluding tert-OH is 1. The van der Waals surface area contributed by atoms with Gasteiger partial charge in [-0.2, -0.15) is 0 Å². The number of ether oxygens (including phenoxy) is 1. The second-order valence-electron chi connectivity index (χ2n) is 4.92. The summed E-state index contributed by atoms with van der Waals surface area (Å²) in [6, 6.07) is 11.8. The van der Waals surface area contributed by atoms with Gasteiger partial charge in [0.15, 0.2) is 0 Å². The van der Waals surface area contributed by atoms with Gasteiger partial charge in [-0.3, -0.25) is 0 Å². The maximum Gasteiger partial charge on any atom is 0.311 e. The van der Waals surface area contributed by atoms with E-state index in [2.05, 4.69) is 10.5 Å². The van der Waals surface area contributed by atoms with Crippen LogP contribution >= 0.6 is 0 Å². The molecule has 0 aliphatic carbocycles. The first-order chi connectivity index (χ1) is 9.65. The number of aliphatic hydroxyl groups is 1. The Morgan fingerprint density at radius 2 is 2.05 bits per heavy atom. The van der Waals surface area contributed by atoms with E-state index in [-0.39, 0.29) is 6.61 Å². The summed E-state index contributed by atoms with van der Waals surface area (Å²) >= 11 is 0. The van der Waals surface area contributed by atoms with Gasteiger partial charge in [-0.25, -0.2) is 0 Å². The minimum Gasteiger partial charge on any atom is -0.461 e. The second kappa shape index (κ2) is 7.07. The zero-order valence-electron chi connectivity index (χ0n) is 11.7. The average Bonchev–Trinajstić information content (AvgIpc) is 2.93. The molecule has 2 N–H and O–H groups in total. The van der Waals surface area contributed by atoms with Crippen molar-refractivity contribution in [3.63, 3.8) is 0 Å². The molecule has 0 radical (unpaired) electrons. The van der Waals surface area contributed by atoms with Crippen LogP contribution in [0.25, 0.3) is 11.3 Å². The summed E-state index contributed by atoms with van der Waals surface area (Å²) in [4.78, 5) is 0. The van der Waals surface area contributed by atoms with E-state index in [9.17, 15) is 5.11 Å². The Hall–Kier alpha value is -1.85. The van der Waals surface area contributed by atoms with Gasteiger partial charge in [0.1, 0.15) is 18.4 Å². The maximum atomic E-state index is 9.73. The second-order valence-corrected chi connectivity index (χ2v) is 4.92. The monoisotopic (exact) mass is 276 g/mol. The largest absolute Gasteiger partial charge is 0.461 e. The van der Waals surface area contributed by atoms with E-state index in [4.69, 9.17) is 9.26 Å². The standard InChI is InChI=1S/C15H20N2O3/c1-11(2)16-9-13(18)10-19-15-8-14(17-20-15)12-6-4-3-5-7-12/h3-8,11,13,16,18H,9-10H2,1-2H3. The molecule has 5 nitrogen and oxygen atoms in total. The van der Waals surface area contributed by atoms with Gasteiger partial charge >= 0.3 is 5.95 Å². The third kappa shape index (κ3) is 4.36. The van der Waals surface area contributed by atoms with Gasteiger partial charge in [0.2, 0.25) is 0 Å². The first-order valence-electron chi connectivity index (χ1n) is 6.71. The Kier molecular flexibility index (Phi) is 5.15. The average molecular weight is 276 g/mol. The molecule has 0 bridgehead atoms. The summed E-state index contributed by atoms with van der Waals surface area (Å²) in [5, 5.41) is 16.8. The highest BCUT2D eigenvalue weighted by Crippen LogP contribution is 2.22. The third-order valence-corrected chi connectivity index (χ3v) is 2.74. The van der Waals surface area contributed by atoms with Crippen molar-refractivity contribution in [2.45, 2.75) is 26.0 Å². The van der Waals surface area contributed by atoms with Gasteiger partial charge in [-0.05, 0) is 0 Å². The van der Waals surface area contributed by atoms with Crippen LogP contribution in [0.2, 0.25) is 0 Å². The topological polar surface area (TPSA) is 67.5 Å². The smallest absolute Gasteiger partial charge is 0.311 e. The fourth-order valence-corrected chi connectivity index (χ4v) is 1.68. The quantitative estimate of drug-likeness (QED) is 0.810. The SMILES string of the molecule is CC(C)NCC(O)COc1cc(-c2ccccc2)no1. The van der Waals surface area contributed by atoms with E-state index in [1.165, 1.54) is 0 Å². The van der Waals surface area contributed by atoms with Crippen LogP contribution in [0.1, 0.15) is 13.8 Å². The highest BCUT2D eigenvalue weighted by atomic mass is 16.6. The summed E-state index contributed by atoms with van der Waals surface area (Å²) in [6.07, 6.45) is -0.581. The predicted octanol–water partition coefficient (Wildman–Crippen LogP) is 2.08. The molecule has 1 atom stereocenters. The van der Waals surface area contributed by atoms with Crippen LogP contribution < -0.4 is 10.1 Å². The van der Waals surface area contributed by atoms with Crippen molar-refractivity contribution in [1.29, 1.82) is 0 Å². The van der Waals surface area contributed by atoms with Crippen molar-refractivity contribution in [3.8, 4) is 17.2 Å². The number of hydrogen-bond donors (Lipinski definition) is 2. The Balaban J connectivity index is 1.84. The minimum atomic E-state index is -0.581. The Labute approximate surface area is 118 Å². The molecule has 0 amide bonds. The van der Waals surface area contributed by atoms with Gasteiger partial charge in [-0.15, -0.1) is 0 Å². The van der Waals surface area contributed by atoms with Crippen molar-refractivity contribution in [1.82, 2.24) is 10.5 Å². The molecule has 2 rings (SSSR count). The van der Waals surface area contributed by atoms with Gasteiger partial charge in [0.05, 0.1) is 6.07 Å². The van der Waals surface area contributed by atoms with E-state index >= 15 is 0 Å². The van der Waals surface area contributed by atoms with Crippen molar-refractivity contribution >= 4 is 0 Å². The van der Waals surface area contributed by atoms with Gasteiger partial charge in [-0.1, -0.05) is 49.3 Å². The summed E-state index contributed by atoms with van der Waals surface area (Å²) < 4.78 is 10.5. The van der Waals surface area contributed by atoms with Crippen LogP contribution in [-0.4, -0.2) is 35.6 Å². The Morgan fingerprint density at radius 3 is 2.75 bits per heavy atom. The molecular formula is C15H20N2O3. The molecule has 1 heterocycles. The Bertz CT molecular complexity index is 511. The fraction of sp³-hybridized carbons (Fsp3) is 0.400. The summed E-state index contributed by atoms with van der Waals surface area (Å²) in [5.74, 6) is 0.312. The van der Waals surface area contributed by atoms with E-state index < -0.39 is 6.10 Å². The lowest BCUT2D eigenvalue weighted by Crippen LogP contribution is -2.35. The molecule has 0 saturated carbocycles. The summed E-state index contributed by atoms with van der Waals surface area (Å²) in [6.45, 7) is 4.70. The van der Waals surface area contributed by atoms with Crippen LogP contribution in [0.15, 0.2) is 40.9 Å². The number of hydrogen-bond acceptors (Lipinski definition) is 5. The fourth-order valence-electron chi connectivity index (χ4n) is 1.68. The molecule has 20 heavy (non-hydrogen) atoms. The first-order valence-corrected chi connectivity index (χ1v) is 6.71. The van der Waals surface area contributed by atoms with Crippen LogP contribution in [0.4, 0.5) is 0 Å². The molecule has 0 saturated heterocycles. The molecule has 0 aliphatic heterocycles. The summed E-state index contributed by atoms with van der Waals surface area (Å²) in [5.41, 5.74) is 1.68. The van der Waals surface area contributed by atoms with Crippen molar-refractivity contribution in [2.24, 2.45) is 0 Å². The van der Waals surface area contributed by atoms with Crippen LogP contribution in [0.5, 0.6) is 5.95 Å². The van der Waals surface area contributed by atoms with Crippen LogP contribution in [0, 0.1) is 0 Å². The van der Waals surface area contributed by atoms with Gasteiger partial charge in [0.25, 0.3) is 0 Å². The zero-order chi connectivity index (χ0) is 14.4. The maximum absolute atomic E-state index is 9.73. The molecule has 108 valence electrons. The molecule has 5 heteroatoms. The zero-order valence-corrected chi connectivity index (χ0v) is 11.7. The lowest BCUT2D eigenvalue weighted by atomic mass is 10.2. The molecule has 1 aromatic heterocycles.